The molecule has 2 aromatic carbocycles. The van der Waals surface area contributed by atoms with Crippen LogP contribution in [0.2, 0.25) is 0 Å². The zero-order valence-corrected chi connectivity index (χ0v) is 19.3. The van der Waals surface area contributed by atoms with E-state index in [9.17, 15) is 4.79 Å². The summed E-state index contributed by atoms with van der Waals surface area (Å²) in [5.74, 6) is -0.206. The van der Waals surface area contributed by atoms with Gasteiger partial charge in [0.25, 0.3) is 5.91 Å². The second-order valence-corrected chi connectivity index (χ2v) is 8.29. The Morgan fingerprint density at radius 3 is 2.54 bits per heavy atom. The Morgan fingerprint density at radius 1 is 0.971 bits per heavy atom. The maximum Gasteiger partial charge on any atom is 0.270 e. The Morgan fingerprint density at radius 2 is 1.80 bits per heavy atom. The lowest BCUT2D eigenvalue weighted by molar-refractivity contribution is 0.0949. The molecule has 3 heterocycles. The van der Waals surface area contributed by atoms with Gasteiger partial charge in [-0.1, -0.05) is 54.6 Å². The van der Waals surface area contributed by atoms with Crippen LogP contribution in [0.5, 0.6) is 0 Å². The molecule has 0 aliphatic rings. The zero-order chi connectivity index (χ0) is 24.0. The van der Waals surface area contributed by atoms with Gasteiger partial charge in [-0.3, -0.25) is 9.78 Å². The average Bonchev–Trinajstić information content (AvgIpc) is 3.44. The van der Waals surface area contributed by atoms with Crippen LogP contribution < -0.4 is 11.1 Å². The largest absolute Gasteiger partial charge is 0.351 e. The van der Waals surface area contributed by atoms with Crippen LogP contribution in [0.25, 0.3) is 33.3 Å². The van der Waals surface area contributed by atoms with Gasteiger partial charge >= 0.3 is 0 Å². The van der Waals surface area contributed by atoms with Gasteiger partial charge in [0.05, 0.1) is 17.5 Å². The highest BCUT2D eigenvalue weighted by Gasteiger charge is 2.17. The van der Waals surface area contributed by atoms with Crippen molar-refractivity contribution in [2.45, 2.75) is 19.5 Å². The first kappa shape index (κ1) is 22.4. The number of rotatable bonds is 8. The number of benzene rings is 2. The quantitative estimate of drug-likeness (QED) is 0.332. The molecule has 0 saturated carbocycles. The number of nitrogens with one attached hydrogen (secondary N) is 1. The summed E-state index contributed by atoms with van der Waals surface area (Å²) < 4.78 is 1.99. The molecule has 0 aliphatic heterocycles. The van der Waals surface area contributed by atoms with Gasteiger partial charge in [-0.15, -0.1) is 0 Å². The van der Waals surface area contributed by atoms with E-state index in [0.717, 1.165) is 51.8 Å². The molecule has 0 spiro atoms. The summed E-state index contributed by atoms with van der Waals surface area (Å²) in [4.78, 5) is 26.5. The molecule has 5 aromatic rings. The van der Waals surface area contributed by atoms with E-state index in [1.165, 1.54) is 0 Å². The van der Waals surface area contributed by atoms with Crippen molar-refractivity contribution >= 4 is 16.8 Å². The summed E-state index contributed by atoms with van der Waals surface area (Å²) in [6, 6.07) is 22.1. The van der Waals surface area contributed by atoms with Gasteiger partial charge in [0.2, 0.25) is 0 Å². The molecule has 0 atom stereocenters. The number of imidazole rings is 1. The molecule has 1 amide bonds. The Balaban J connectivity index is 1.50. The van der Waals surface area contributed by atoms with Crippen LogP contribution in [0.3, 0.4) is 0 Å². The van der Waals surface area contributed by atoms with E-state index in [0.29, 0.717) is 18.8 Å². The fourth-order valence-electron chi connectivity index (χ4n) is 4.10. The third-order valence-electron chi connectivity index (χ3n) is 5.94. The minimum absolute atomic E-state index is 0.206. The van der Waals surface area contributed by atoms with Gasteiger partial charge < -0.3 is 15.6 Å². The lowest BCUT2D eigenvalue weighted by Gasteiger charge is -2.14. The number of aryl methyl sites for hydroxylation is 1. The lowest BCUT2D eigenvalue weighted by Crippen LogP contribution is -2.26. The maximum atomic E-state index is 13.1. The molecule has 5 rings (SSSR count). The summed E-state index contributed by atoms with van der Waals surface area (Å²) in [7, 11) is 0. The number of nitrogens with two attached hydrogens (primary N) is 1. The third-order valence-corrected chi connectivity index (χ3v) is 5.94. The first-order chi connectivity index (χ1) is 17.2. The van der Waals surface area contributed by atoms with E-state index >= 15 is 0 Å². The number of amides is 1. The van der Waals surface area contributed by atoms with E-state index in [2.05, 4.69) is 15.3 Å². The Hall–Kier alpha value is -4.36. The van der Waals surface area contributed by atoms with Crippen molar-refractivity contribution in [1.82, 2.24) is 24.8 Å². The van der Waals surface area contributed by atoms with Gasteiger partial charge in [0, 0.05) is 54.7 Å². The van der Waals surface area contributed by atoms with E-state index in [4.69, 9.17) is 10.7 Å². The topological polar surface area (TPSA) is 98.7 Å². The fraction of sp³-hybridized carbons (Fsp3) is 0.143. The summed E-state index contributed by atoms with van der Waals surface area (Å²) in [5.41, 5.74) is 11.8. The van der Waals surface area contributed by atoms with Gasteiger partial charge in [-0.25, -0.2) is 9.97 Å². The van der Waals surface area contributed by atoms with Gasteiger partial charge in [-0.05, 0) is 29.7 Å². The third kappa shape index (κ3) is 4.95. The summed E-state index contributed by atoms with van der Waals surface area (Å²) in [6.45, 7) is 1.82. The molecule has 0 unspecified atom stereocenters. The van der Waals surface area contributed by atoms with Gasteiger partial charge in [-0.2, -0.15) is 0 Å². The second-order valence-electron chi connectivity index (χ2n) is 8.29. The van der Waals surface area contributed by atoms with Crippen molar-refractivity contribution in [3.05, 3.63) is 103 Å². The van der Waals surface area contributed by atoms with Crippen molar-refractivity contribution in [2.24, 2.45) is 5.73 Å². The van der Waals surface area contributed by atoms with Crippen LogP contribution in [0.15, 0.2) is 91.6 Å². The van der Waals surface area contributed by atoms with Gasteiger partial charge in [0.1, 0.15) is 5.69 Å². The Bertz CT molecular complexity index is 1430. The molecule has 0 bridgehead atoms. The first-order valence-corrected chi connectivity index (χ1v) is 11.6. The lowest BCUT2D eigenvalue weighted by atomic mass is 9.96. The molecular weight excluding hydrogens is 436 g/mol. The van der Waals surface area contributed by atoms with Crippen LogP contribution in [0.4, 0.5) is 0 Å². The molecule has 7 nitrogen and oxygen atoms in total. The van der Waals surface area contributed by atoms with Crippen molar-refractivity contribution < 1.29 is 4.79 Å². The number of hydrogen-bond acceptors (Lipinski definition) is 5. The maximum absolute atomic E-state index is 13.1. The predicted molar refractivity (Wildman–Crippen MR) is 137 cm³/mol. The number of fused-ring (bicyclic) bond motifs is 1. The zero-order valence-electron chi connectivity index (χ0n) is 19.3. The number of nitrogens with zero attached hydrogens (tertiary/aromatic N) is 4. The number of pyridine rings is 2. The predicted octanol–water partition coefficient (Wildman–Crippen LogP) is 4.44. The number of aromatic nitrogens is 4. The molecule has 0 saturated heterocycles. The van der Waals surface area contributed by atoms with Crippen molar-refractivity contribution in [3.8, 4) is 22.4 Å². The highest BCUT2D eigenvalue weighted by atomic mass is 16.1. The number of hydrogen-bond donors (Lipinski definition) is 2. The molecule has 7 heteroatoms. The van der Waals surface area contributed by atoms with Gasteiger partial charge in [0.15, 0.2) is 0 Å². The molecule has 3 aromatic heterocycles. The van der Waals surface area contributed by atoms with Crippen molar-refractivity contribution in [2.75, 3.05) is 6.54 Å². The first-order valence-electron chi connectivity index (χ1n) is 11.6. The van der Waals surface area contributed by atoms with Crippen LogP contribution in [-0.4, -0.2) is 32.0 Å². The van der Waals surface area contributed by atoms with Crippen molar-refractivity contribution in [1.29, 1.82) is 0 Å². The minimum atomic E-state index is -0.206. The monoisotopic (exact) mass is 462 g/mol. The highest BCUT2D eigenvalue weighted by molar-refractivity contribution is 6.06. The van der Waals surface area contributed by atoms with E-state index in [1.807, 2.05) is 77.5 Å². The Labute approximate surface area is 203 Å². The standard InChI is InChI=1S/C28H26N6O/c29-18-20-7-9-22(10-8-20)26-23(21-5-2-1-3-6-21)17-24-25(33-26)11-13-31-27(24)28(35)32-12-4-15-34-16-14-30-19-34/h1-3,5-11,13-14,16-17,19H,4,12,15,18,29H2,(H,32,35). The molecule has 0 radical (unpaired) electrons. The second kappa shape index (κ2) is 10.3. The molecular formula is C28H26N6O. The Kier molecular flexibility index (Phi) is 6.59. The number of carbonyl (C=O) groups is 1. The fourth-order valence-corrected chi connectivity index (χ4v) is 4.10. The van der Waals surface area contributed by atoms with E-state index in [1.54, 1.807) is 18.7 Å². The van der Waals surface area contributed by atoms with Crippen LogP contribution in [0.1, 0.15) is 22.5 Å². The molecule has 174 valence electrons. The van der Waals surface area contributed by atoms with Crippen LogP contribution in [0, 0.1) is 0 Å². The summed E-state index contributed by atoms with van der Waals surface area (Å²) >= 11 is 0. The van der Waals surface area contributed by atoms with Crippen molar-refractivity contribution in [3.63, 3.8) is 0 Å². The van der Waals surface area contributed by atoms with E-state index < -0.39 is 0 Å². The summed E-state index contributed by atoms with van der Waals surface area (Å²) in [5, 5.41) is 3.72. The van der Waals surface area contributed by atoms with Crippen LogP contribution >= 0.6 is 0 Å². The smallest absolute Gasteiger partial charge is 0.270 e. The van der Waals surface area contributed by atoms with E-state index in [-0.39, 0.29) is 5.91 Å². The molecule has 0 fully saturated rings. The molecule has 0 aliphatic carbocycles. The average molecular weight is 463 g/mol. The molecule has 35 heavy (non-hydrogen) atoms. The highest BCUT2D eigenvalue weighted by Crippen LogP contribution is 2.34. The minimum Gasteiger partial charge on any atom is -0.351 e. The summed E-state index contributed by atoms with van der Waals surface area (Å²) in [6.07, 6.45) is 7.86. The normalized spacial score (nSPS) is 11.0. The SMILES string of the molecule is NCc1ccc(-c2nc3ccnc(C(=O)NCCCn4ccnc4)c3cc2-c2ccccc2)cc1. The van der Waals surface area contributed by atoms with Crippen LogP contribution in [-0.2, 0) is 13.1 Å². The number of carbonyl (C=O) groups excluding carboxylic acids is 1. The molecule has 3 N–H and O–H groups in total.